The van der Waals surface area contributed by atoms with Crippen LogP contribution in [0.25, 0.3) is 52.2 Å². The second-order valence-corrected chi connectivity index (χ2v) is 39.2. The number of hydrogen-bond donors (Lipinski definition) is 9. The number of nitrogens with two attached hydrogens (primary N) is 1. The van der Waals surface area contributed by atoms with Gasteiger partial charge in [0, 0.05) is 103 Å². The second-order valence-electron chi connectivity index (χ2n) is 36.1. The fourth-order valence-electron chi connectivity index (χ4n) is 16.7. The zero-order chi connectivity index (χ0) is 104. The SMILES string of the molecule is CCC1(COCCCCCCOc2ccc3c(C=N)c(C(=O)Oc4ccc(C(=O)Oc5ccc(C)cc5C)cc4C)ccc3c2C=N)COC1.CCCC(=O)Nc1nc2ccccc2s1.Cc1cc(C=N)c(OC(=O)c2ccc(OC(=O)c3ccc4cc(OCCCOCC5CCC6OC6C5)ccc4c3)c(C)c2)c(C=N)c1.Nc1nc2ccccc2s1.OCCNc1nc2ccccc2s1.c1ccc(Nc2ccccc2)cc1. The first kappa shape index (κ1) is 109. The summed E-state index contributed by atoms with van der Waals surface area (Å²) in [5.41, 5.74) is 17.8. The number of aliphatic hydroxyl groups is 1. The molecule has 3 unspecified atom stereocenters. The quantitative estimate of drug-likeness (QED) is 0.00570. The lowest BCUT2D eigenvalue weighted by atomic mass is 9.84. The third-order valence-electron chi connectivity index (χ3n) is 24.8. The van der Waals surface area contributed by atoms with Crippen LogP contribution in [0, 0.1) is 67.6 Å². The molecule has 13 aromatic carbocycles. The van der Waals surface area contributed by atoms with Crippen LogP contribution in [-0.2, 0) is 23.7 Å². The number of amides is 1. The highest BCUT2D eigenvalue weighted by atomic mass is 32.1. The molecule has 27 nitrogen and oxygen atoms in total. The Labute approximate surface area is 872 Å². The van der Waals surface area contributed by atoms with Gasteiger partial charge in [-0.05, 0) is 293 Å². The van der Waals surface area contributed by atoms with Crippen molar-refractivity contribution in [3.63, 3.8) is 0 Å². The number of epoxide rings is 1. The summed E-state index contributed by atoms with van der Waals surface area (Å²) in [4.78, 5) is 76.4. The highest BCUT2D eigenvalue weighted by Gasteiger charge is 2.44. The lowest BCUT2D eigenvalue weighted by molar-refractivity contribution is -0.150. The maximum Gasteiger partial charge on any atom is 0.344 e. The van der Waals surface area contributed by atoms with Crippen LogP contribution in [0.2, 0.25) is 0 Å². The van der Waals surface area contributed by atoms with E-state index in [1.807, 2.05) is 204 Å². The van der Waals surface area contributed by atoms with Crippen LogP contribution in [0.4, 0.5) is 26.8 Å². The van der Waals surface area contributed by atoms with Crippen molar-refractivity contribution in [3.8, 4) is 34.5 Å². The number of hydrogen-bond acceptors (Lipinski definition) is 29. The molecule has 16 aromatic rings. The number of nitrogen functional groups attached to an aromatic ring is 1. The number of fused-ring (bicyclic) bond motifs is 6. The first-order valence-corrected chi connectivity index (χ1v) is 51.9. The summed E-state index contributed by atoms with van der Waals surface area (Å²) in [7, 11) is 0. The molecule has 148 heavy (non-hydrogen) atoms. The van der Waals surface area contributed by atoms with E-state index in [9.17, 15) is 24.0 Å². The van der Waals surface area contributed by atoms with E-state index in [0.717, 1.165) is 179 Å². The van der Waals surface area contributed by atoms with Crippen molar-refractivity contribution < 1.29 is 76.4 Å². The van der Waals surface area contributed by atoms with Crippen LogP contribution >= 0.6 is 34.0 Å². The van der Waals surface area contributed by atoms with E-state index >= 15 is 0 Å². The topological polar surface area (TPSA) is 397 Å². The Morgan fingerprint density at radius 3 is 1.57 bits per heavy atom. The Bertz CT molecular complexity index is 7130. The molecule has 10 N–H and O–H groups in total. The Hall–Kier alpha value is -15.1. The summed E-state index contributed by atoms with van der Waals surface area (Å²) in [6, 6.07) is 80.5. The van der Waals surface area contributed by atoms with Gasteiger partial charge < -0.3 is 95.8 Å². The number of esters is 4. The first-order chi connectivity index (χ1) is 72.0. The number of aromatic nitrogens is 3. The molecule has 764 valence electrons. The van der Waals surface area contributed by atoms with Gasteiger partial charge in [-0.25, -0.2) is 34.1 Å². The lowest BCUT2D eigenvalue weighted by Gasteiger charge is -2.40. The summed E-state index contributed by atoms with van der Waals surface area (Å²) in [6.07, 6.45) is 16.3. The Kier molecular flexibility index (Phi) is 39.9. The minimum absolute atomic E-state index is 0.0385. The number of aliphatic hydroxyl groups excluding tert-OH is 1. The maximum absolute atomic E-state index is 13.4. The molecule has 3 fully saturated rings. The van der Waals surface area contributed by atoms with E-state index in [4.69, 9.17) is 79.8 Å². The normalized spacial score (nSPS) is 13.8. The number of nitrogens with one attached hydrogen (secondary N) is 7. The minimum Gasteiger partial charge on any atom is -0.493 e. The highest BCUT2D eigenvalue weighted by Crippen LogP contribution is 2.41. The van der Waals surface area contributed by atoms with E-state index in [0.29, 0.717) is 139 Å². The number of para-hydroxylation sites is 5. The van der Waals surface area contributed by atoms with E-state index < -0.39 is 23.9 Å². The van der Waals surface area contributed by atoms with Crippen LogP contribution in [0.3, 0.4) is 0 Å². The molecule has 30 heteroatoms. The number of benzene rings is 13. The minimum atomic E-state index is -0.645. The third kappa shape index (κ3) is 30.8. The van der Waals surface area contributed by atoms with Crippen LogP contribution in [-0.4, -0.2) is 153 Å². The number of aryl methyl sites for hydroxylation is 5. The molecule has 19 rings (SSSR count). The van der Waals surface area contributed by atoms with Gasteiger partial charge in [0.25, 0.3) is 0 Å². The predicted octanol–water partition coefficient (Wildman–Crippen LogP) is 25.9. The van der Waals surface area contributed by atoms with Crippen LogP contribution in [0.15, 0.2) is 261 Å². The second kappa shape index (κ2) is 54.3. The molecule has 1 amide bonds. The van der Waals surface area contributed by atoms with E-state index in [1.54, 1.807) is 104 Å². The van der Waals surface area contributed by atoms with E-state index in [-0.39, 0.29) is 34.8 Å². The maximum atomic E-state index is 13.4. The number of thiazole rings is 3. The van der Waals surface area contributed by atoms with Gasteiger partial charge in [-0.15, -0.1) is 0 Å². The van der Waals surface area contributed by atoms with Crippen molar-refractivity contribution in [1.29, 1.82) is 21.6 Å². The number of rotatable bonds is 38. The molecule has 3 aromatic heterocycles. The van der Waals surface area contributed by atoms with Gasteiger partial charge >= 0.3 is 23.9 Å². The molecule has 1 aliphatic carbocycles. The van der Waals surface area contributed by atoms with Gasteiger partial charge in [0.1, 0.15) is 34.5 Å². The average Bonchev–Trinajstić information content (AvgIpc) is 1.03. The van der Waals surface area contributed by atoms with Crippen LogP contribution in [0.1, 0.15) is 176 Å². The number of unbranched alkanes of at least 4 members (excludes halogenated alkanes) is 3. The summed E-state index contributed by atoms with van der Waals surface area (Å²) in [5.74, 6) is 0.932. The van der Waals surface area contributed by atoms with Crippen LogP contribution < -0.4 is 50.1 Å². The molecule has 3 atom stereocenters. The van der Waals surface area contributed by atoms with Crippen molar-refractivity contribution in [2.24, 2.45) is 11.3 Å². The number of nitrogens with zero attached hydrogens (tertiary/aromatic N) is 3. The van der Waals surface area contributed by atoms with Gasteiger partial charge in [0.2, 0.25) is 5.91 Å². The Morgan fingerprint density at radius 1 is 0.480 bits per heavy atom. The van der Waals surface area contributed by atoms with Gasteiger partial charge in [0.15, 0.2) is 15.4 Å². The molecular weight excluding hydrogens is 1920 g/mol. The third-order valence-corrected chi connectivity index (χ3v) is 27.6. The van der Waals surface area contributed by atoms with Crippen molar-refractivity contribution in [2.45, 2.75) is 131 Å². The molecular formula is C118H123N11O16S3. The largest absolute Gasteiger partial charge is 0.493 e. The number of ether oxygens (including phenoxy) is 10. The van der Waals surface area contributed by atoms with Gasteiger partial charge in [0.05, 0.1) is 105 Å². The number of carbonyl (C=O) groups is 5. The molecule has 5 heterocycles. The summed E-state index contributed by atoms with van der Waals surface area (Å²) >= 11 is 4.63. The number of anilines is 5. The van der Waals surface area contributed by atoms with E-state index in [1.165, 1.54) is 52.5 Å². The van der Waals surface area contributed by atoms with Gasteiger partial charge in [-0.1, -0.05) is 163 Å². The fraction of sp³-hybridized carbons (Fsp3) is 0.271. The van der Waals surface area contributed by atoms with Crippen molar-refractivity contribution in [1.82, 2.24) is 15.0 Å². The first-order valence-electron chi connectivity index (χ1n) is 49.5. The van der Waals surface area contributed by atoms with E-state index in [2.05, 4.69) is 37.8 Å². The molecule has 2 saturated heterocycles. The Morgan fingerprint density at radius 2 is 1.00 bits per heavy atom. The van der Waals surface area contributed by atoms with Crippen LogP contribution in [0.5, 0.6) is 34.5 Å². The molecule has 0 bridgehead atoms. The molecule has 0 spiro atoms. The smallest absolute Gasteiger partial charge is 0.344 e. The zero-order valence-corrected chi connectivity index (χ0v) is 86.4. The highest BCUT2D eigenvalue weighted by molar-refractivity contribution is 7.23. The summed E-state index contributed by atoms with van der Waals surface area (Å²) in [6.45, 7) is 19.7. The molecule has 3 aliphatic rings. The lowest BCUT2D eigenvalue weighted by Crippen LogP contribution is -2.45. The van der Waals surface area contributed by atoms with Crippen molar-refractivity contribution in [3.05, 3.63) is 333 Å². The fourth-order valence-corrected chi connectivity index (χ4v) is 19.2. The number of carbonyl (C=O) groups excluding carboxylic acids is 5. The van der Waals surface area contributed by atoms with Crippen molar-refractivity contribution >= 4 is 168 Å². The molecule has 1 saturated carbocycles. The zero-order valence-electron chi connectivity index (χ0n) is 83.9. The molecule has 2 aliphatic heterocycles. The van der Waals surface area contributed by atoms with Crippen molar-refractivity contribution in [2.75, 3.05) is 87.7 Å². The monoisotopic (exact) mass is 2050 g/mol. The van der Waals surface area contributed by atoms with Gasteiger partial charge in [-0.3, -0.25) is 4.79 Å². The summed E-state index contributed by atoms with van der Waals surface area (Å²) < 4.78 is 60.8. The standard InChI is InChI=1S/C41H46N2O7.C38H38N2O7.C12H11N.C11H12N2OS.C9H10N2OS.C7H6N2S/c1-5-41(25-47-26-41)24-46-18-8-6-7-9-19-48-38-17-14-31-32(35(38)23-43)12-13-33(34(31)22-42)40(45)50-37-16-11-30(21-29(37)4)39(44)49-36-15-10-27(2)20-28(36)3;1-23-14-30(20-39)36(31(15-23)21-40)47-38(42)28-8-11-33(24(2)16-28)46-37(41)29-6-5-27-19-32(9-7-26(27)18-29)44-13-3-12-43-22-25-4-10-34-35(17-25)45-34;1-3-7-11(8-4-1)13-12-9-5-2-6-10-12;1-2-5-10(14)13-11-12-8-6-3-4-7-9(8)15-11;12-6-5-10-9-11-7-3-1-2-4-8(7)13-9;8-7-9-5-3-1-2-4-6(5)10-7/h10-17,20-23,42-43H,5-9,18-19,24-26H2,1-4H3;5-9,11,14-16,18-21,25,34-35,39-40H,3-4,10,12-13,17,22H2,1-2H3;1-10,13H;3-4,6-7H,2,5H2,1H3,(H,12,13,14);1-4,12H,5-6H2,(H,10,11);1-4H,(H2,8,9). The predicted molar refractivity (Wildman–Crippen MR) is 593 cm³/mol. The average molecular weight is 2050 g/mol. The van der Waals surface area contributed by atoms with Gasteiger partial charge in [-0.2, -0.15) is 0 Å². The summed E-state index contributed by atoms with van der Waals surface area (Å²) in [5, 5.41) is 54.7. The molecule has 0 radical (unpaired) electrons. The Balaban J connectivity index is 0.000000158.